The summed E-state index contributed by atoms with van der Waals surface area (Å²) in [4.78, 5) is 42.8. The van der Waals surface area contributed by atoms with Crippen molar-refractivity contribution in [2.24, 2.45) is 0 Å². The van der Waals surface area contributed by atoms with Crippen LogP contribution in [0.4, 0.5) is 4.39 Å². The van der Waals surface area contributed by atoms with Crippen LogP contribution >= 0.6 is 37.4 Å². The summed E-state index contributed by atoms with van der Waals surface area (Å²) in [5.41, 5.74) is -0.751. The second kappa shape index (κ2) is 10.8. The third kappa shape index (κ3) is 4.93. The predicted molar refractivity (Wildman–Crippen MR) is 161 cm³/mol. The molecule has 7 heterocycles. The number of rotatable bonds is 2. The number of aliphatic hydroxyl groups is 1. The van der Waals surface area contributed by atoms with Gasteiger partial charge in [0.2, 0.25) is 0 Å². The lowest BCUT2D eigenvalue weighted by atomic mass is 10.1. The number of aliphatic hydroxyl groups excluding tert-OH is 1. The molecular weight excluding hydrogens is 715 g/mol. The van der Waals surface area contributed by atoms with Gasteiger partial charge in [-0.15, -0.1) is 0 Å². The second-order valence-corrected chi connectivity index (χ2v) is 17.2. The summed E-state index contributed by atoms with van der Waals surface area (Å²) in [6.07, 6.45) is -6.49. The Morgan fingerprint density at radius 2 is 1.98 bits per heavy atom. The van der Waals surface area contributed by atoms with Gasteiger partial charge in [-0.2, -0.15) is 0 Å². The van der Waals surface area contributed by atoms with Crippen LogP contribution in [0.2, 0.25) is 5.02 Å². The molecule has 0 amide bonds. The van der Waals surface area contributed by atoms with Crippen LogP contribution in [-0.2, 0) is 43.9 Å². The number of ether oxygens (including phenoxy) is 2. The smallest absolute Gasteiger partial charge is 0.386 e. The van der Waals surface area contributed by atoms with Gasteiger partial charge in [-0.1, -0.05) is 23.8 Å². The molecule has 246 valence electrons. The normalized spacial score (nSPS) is 41.1. The molecule has 23 heteroatoms. The van der Waals surface area contributed by atoms with Gasteiger partial charge in [-0.3, -0.25) is 22.9 Å². The Labute approximate surface area is 272 Å². The molecule has 3 N–H and O–H groups in total. The number of hydrogen-bond acceptors (Lipinski definition) is 14. The van der Waals surface area contributed by atoms with Crippen LogP contribution in [0.5, 0.6) is 0 Å². The fourth-order valence-electron chi connectivity index (χ4n) is 6.18. The quantitative estimate of drug-likeness (QED) is 0.172. The van der Waals surface area contributed by atoms with Gasteiger partial charge in [0.15, 0.2) is 29.9 Å². The number of nitrogens with one attached hydrogen (secondary N) is 1. The van der Waals surface area contributed by atoms with Gasteiger partial charge in [-0.25, -0.2) is 28.9 Å². The summed E-state index contributed by atoms with van der Waals surface area (Å²) in [5.74, 6) is 0. The Morgan fingerprint density at radius 3 is 2.78 bits per heavy atom. The summed E-state index contributed by atoms with van der Waals surface area (Å²) in [7, 11) is 0. The molecule has 4 aromatic rings. The number of aromatic nitrogens is 7. The molecule has 8 rings (SSSR count). The number of nitrogens with zero attached hydrogens (tertiary/aromatic N) is 6. The van der Waals surface area contributed by atoms with Crippen LogP contribution in [0.25, 0.3) is 22.2 Å². The molecule has 46 heavy (non-hydrogen) atoms. The highest BCUT2D eigenvalue weighted by Gasteiger charge is 2.72. The SMILES string of the molecule is Cc1ncnc2c1ncn2C1O[C@@H]2COP(O)(=S)O[C@H]3C(n4cc(Cl)c5c(=O)[nH]cnc54)OC4(CC4OP(=O)(S)O[C@H]2[C@H]1F)[C@H]3O. The Bertz CT molecular complexity index is 2050. The van der Waals surface area contributed by atoms with E-state index < -0.39 is 80.4 Å². The lowest BCUT2D eigenvalue weighted by Crippen LogP contribution is -2.36. The summed E-state index contributed by atoms with van der Waals surface area (Å²) >= 11 is 15.7. The molecule has 4 aliphatic rings. The van der Waals surface area contributed by atoms with E-state index in [1.54, 1.807) is 6.92 Å². The van der Waals surface area contributed by atoms with Crippen molar-refractivity contribution in [3.63, 3.8) is 0 Å². The molecule has 3 saturated heterocycles. The van der Waals surface area contributed by atoms with E-state index in [-0.39, 0.29) is 28.1 Å². The summed E-state index contributed by atoms with van der Waals surface area (Å²) in [6.45, 7) is -7.54. The van der Waals surface area contributed by atoms with E-state index in [9.17, 15) is 19.4 Å². The van der Waals surface area contributed by atoms with Gasteiger partial charge in [0.05, 0.1) is 30.0 Å². The van der Waals surface area contributed by atoms with E-state index >= 15 is 4.39 Å². The highest BCUT2D eigenvalue weighted by molar-refractivity contribution is 8.44. The monoisotopic (exact) mass is 737 g/mol. The van der Waals surface area contributed by atoms with Gasteiger partial charge in [0.1, 0.15) is 53.4 Å². The average molecular weight is 738 g/mol. The fraction of sp³-hybridized carbons (Fsp3) is 0.522. The first-order valence-corrected chi connectivity index (χ1v) is 19.3. The molecule has 1 aliphatic carbocycles. The third-order valence-corrected chi connectivity index (χ3v) is 11.9. The topological polar surface area (TPSA) is 207 Å². The van der Waals surface area contributed by atoms with Crippen LogP contribution < -0.4 is 5.56 Å². The van der Waals surface area contributed by atoms with E-state index in [0.717, 1.165) is 6.33 Å². The number of H-pyrrole nitrogens is 1. The molecule has 11 atom stereocenters. The van der Waals surface area contributed by atoms with Gasteiger partial charge in [0, 0.05) is 12.6 Å². The Kier molecular flexibility index (Phi) is 7.37. The standard InChI is InChI=1S/C23H23ClFN7O10P2S2/c1-8-14-19(28-5-26-8)32(7-30-14)21-13(25)15-10(38-21)4-37-43(35,45)42-16-17(33)23(2-11(23)40-44(36,46)41-15)39-22(16)31-3-9(24)12-18(31)27-6-29-20(12)34/h3,5-7,10-11,13,15-17,21-22,33H,2,4H2,1H3,(H,35,45)(H,36,46)(H,27,29,34)/t10-,11?,13-,15-,16-,17+,21?,22?,23?,43?,44?/m1/s1. The summed E-state index contributed by atoms with van der Waals surface area (Å²) in [5, 5.41) is 11.5. The van der Waals surface area contributed by atoms with Crippen molar-refractivity contribution in [1.29, 1.82) is 0 Å². The van der Waals surface area contributed by atoms with E-state index in [1.165, 1.54) is 28.0 Å². The minimum absolute atomic E-state index is 0.0269. The van der Waals surface area contributed by atoms with Crippen molar-refractivity contribution >= 4 is 71.4 Å². The molecule has 1 spiro atoms. The van der Waals surface area contributed by atoms with Crippen LogP contribution in [0.15, 0.2) is 30.0 Å². The maximum Gasteiger partial charge on any atom is 0.386 e. The number of aromatic amines is 1. The Hall–Kier alpha value is -1.90. The number of fused-ring (bicyclic) bond motifs is 4. The zero-order valence-electron chi connectivity index (χ0n) is 23.2. The number of alkyl halides is 1. The number of imidazole rings is 1. The molecule has 0 radical (unpaired) electrons. The highest BCUT2D eigenvalue weighted by Crippen LogP contribution is 2.66. The molecule has 17 nitrogen and oxygen atoms in total. The largest absolute Gasteiger partial charge is 0.387 e. The summed E-state index contributed by atoms with van der Waals surface area (Å²) < 4.78 is 67.4. The molecule has 3 aliphatic heterocycles. The van der Waals surface area contributed by atoms with Gasteiger partial charge >= 0.3 is 13.5 Å². The highest BCUT2D eigenvalue weighted by atomic mass is 35.5. The van der Waals surface area contributed by atoms with E-state index in [2.05, 4.69) is 37.2 Å². The molecule has 2 bridgehead atoms. The van der Waals surface area contributed by atoms with Crippen LogP contribution in [0.1, 0.15) is 24.6 Å². The molecular formula is C23H23ClFN7O10P2S2. The zero-order valence-corrected chi connectivity index (χ0v) is 27.4. The van der Waals surface area contributed by atoms with Gasteiger partial charge < -0.3 is 33.5 Å². The number of halogens is 2. The first kappa shape index (κ1) is 31.4. The maximum absolute atomic E-state index is 16.1. The summed E-state index contributed by atoms with van der Waals surface area (Å²) in [6, 6.07) is 0. The molecule has 4 fully saturated rings. The predicted octanol–water partition coefficient (Wildman–Crippen LogP) is 2.23. The second-order valence-electron chi connectivity index (χ2n) is 11.2. The average Bonchev–Trinajstić information content (AvgIpc) is 3.29. The molecule has 6 unspecified atom stereocenters. The Morgan fingerprint density at radius 1 is 1.17 bits per heavy atom. The van der Waals surface area contributed by atoms with Crippen molar-refractivity contribution in [3.8, 4) is 0 Å². The van der Waals surface area contributed by atoms with E-state index in [1.807, 2.05) is 0 Å². The van der Waals surface area contributed by atoms with Crippen LogP contribution in [-0.4, -0.2) is 93.0 Å². The molecule has 0 aromatic carbocycles. The van der Waals surface area contributed by atoms with Crippen molar-refractivity contribution in [2.45, 2.75) is 68.1 Å². The first-order valence-electron chi connectivity index (χ1n) is 13.7. The number of thiol groups is 1. The van der Waals surface area contributed by atoms with Crippen molar-refractivity contribution in [2.75, 3.05) is 6.61 Å². The lowest BCUT2D eigenvalue weighted by molar-refractivity contribution is -0.0657. The minimum atomic E-state index is -4.39. The lowest BCUT2D eigenvalue weighted by Gasteiger charge is -2.27. The third-order valence-electron chi connectivity index (χ3n) is 8.42. The molecule has 1 saturated carbocycles. The van der Waals surface area contributed by atoms with Crippen molar-refractivity contribution < 1.29 is 46.5 Å². The van der Waals surface area contributed by atoms with Crippen LogP contribution in [0.3, 0.4) is 0 Å². The number of hydrogen-bond donors (Lipinski definition) is 4. The van der Waals surface area contributed by atoms with Gasteiger partial charge in [0.25, 0.3) is 5.56 Å². The fourth-order valence-corrected chi connectivity index (χ4v) is 9.71. The molecule has 4 aromatic heterocycles. The van der Waals surface area contributed by atoms with Crippen molar-refractivity contribution in [1.82, 2.24) is 34.1 Å². The van der Waals surface area contributed by atoms with Gasteiger partial charge in [-0.05, 0) is 18.7 Å². The number of aryl methyl sites for hydroxylation is 1. The first-order chi connectivity index (χ1) is 21.8. The van der Waals surface area contributed by atoms with Crippen molar-refractivity contribution in [3.05, 3.63) is 46.2 Å². The zero-order chi connectivity index (χ0) is 32.3. The van der Waals surface area contributed by atoms with Crippen LogP contribution in [0, 0.1) is 6.92 Å². The Balaban J connectivity index is 1.14. The maximum atomic E-state index is 16.1. The minimum Gasteiger partial charge on any atom is -0.387 e. The van der Waals surface area contributed by atoms with E-state index in [0.29, 0.717) is 11.2 Å². The van der Waals surface area contributed by atoms with E-state index in [4.69, 9.17) is 51.0 Å².